The number of carbonyl (C=O) groups excluding carboxylic acids is 1. The highest BCUT2D eigenvalue weighted by Gasteiger charge is 2.45. The van der Waals surface area contributed by atoms with Crippen LogP contribution in [0.2, 0.25) is 0 Å². The zero-order valence-corrected chi connectivity index (χ0v) is 19.3. The Morgan fingerprint density at radius 3 is 2.25 bits per heavy atom. The van der Waals surface area contributed by atoms with E-state index in [0.29, 0.717) is 5.75 Å². The zero-order chi connectivity index (χ0) is 23.8. The molecule has 1 amide bonds. The van der Waals surface area contributed by atoms with Crippen molar-refractivity contribution in [2.75, 3.05) is 4.90 Å². The SMILES string of the molecule is O=C1Oc2cccc3ccc4c(c23)N1c1c(n(-c2ccccc2)c2ccccc12)B4c1ccccc1. The minimum Gasteiger partial charge on any atom is -0.409 e. The summed E-state index contributed by atoms with van der Waals surface area (Å²) in [7, 11) is 0. The van der Waals surface area contributed by atoms with E-state index in [2.05, 4.69) is 89.5 Å². The first kappa shape index (κ1) is 19.5. The van der Waals surface area contributed by atoms with Gasteiger partial charge in [-0.2, -0.15) is 0 Å². The van der Waals surface area contributed by atoms with Gasteiger partial charge in [-0.3, -0.25) is 0 Å². The summed E-state index contributed by atoms with van der Waals surface area (Å²) in [4.78, 5) is 15.5. The van der Waals surface area contributed by atoms with Crippen molar-refractivity contribution < 1.29 is 9.53 Å². The molecule has 5 heteroatoms. The number of benzene rings is 5. The van der Waals surface area contributed by atoms with Crippen molar-refractivity contribution in [1.82, 2.24) is 4.57 Å². The van der Waals surface area contributed by atoms with Crippen LogP contribution in [0.5, 0.6) is 5.75 Å². The van der Waals surface area contributed by atoms with Crippen molar-refractivity contribution in [2.24, 2.45) is 0 Å². The molecule has 3 heterocycles. The van der Waals surface area contributed by atoms with Crippen LogP contribution in [0, 0.1) is 0 Å². The Balaban J connectivity index is 1.60. The third-order valence-electron chi connectivity index (χ3n) is 7.45. The van der Waals surface area contributed by atoms with Crippen molar-refractivity contribution >= 4 is 62.4 Å². The summed E-state index contributed by atoms with van der Waals surface area (Å²) in [6, 6.07) is 39.5. The van der Waals surface area contributed by atoms with Gasteiger partial charge in [0.2, 0.25) is 0 Å². The number of ether oxygens (including phenoxy) is 1. The summed E-state index contributed by atoms with van der Waals surface area (Å²) in [6.07, 6.45) is -0.369. The van der Waals surface area contributed by atoms with Gasteiger partial charge in [-0.25, -0.2) is 9.69 Å². The Morgan fingerprint density at radius 1 is 0.667 bits per heavy atom. The molecule has 0 unspecified atom stereocenters. The number of anilines is 2. The van der Waals surface area contributed by atoms with E-state index in [1.54, 1.807) is 4.90 Å². The lowest BCUT2D eigenvalue weighted by Gasteiger charge is -2.37. The van der Waals surface area contributed by atoms with Crippen LogP contribution in [0.15, 0.2) is 115 Å². The number of para-hydroxylation sites is 2. The molecule has 8 rings (SSSR count). The molecule has 0 saturated carbocycles. The van der Waals surface area contributed by atoms with Gasteiger partial charge in [-0.15, -0.1) is 0 Å². The minimum atomic E-state index is -0.369. The molecule has 0 fully saturated rings. The van der Waals surface area contributed by atoms with Gasteiger partial charge in [-0.05, 0) is 35.1 Å². The molecule has 0 atom stereocenters. The predicted octanol–water partition coefficient (Wildman–Crippen LogP) is 5.26. The summed E-state index contributed by atoms with van der Waals surface area (Å²) in [5, 5.41) is 3.07. The van der Waals surface area contributed by atoms with Gasteiger partial charge in [0.05, 0.1) is 16.9 Å². The molecule has 2 aliphatic heterocycles. The van der Waals surface area contributed by atoms with E-state index in [-0.39, 0.29) is 12.8 Å². The van der Waals surface area contributed by atoms with E-state index < -0.39 is 0 Å². The van der Waals surface area contributed by atoms with Gasteiger partial charge in [0, 0.05) is 22.1 Å². The van der Waals surface area contributed by atoms with Crippen LogP contribution >= 0.6 is 0 Å². The molecular weight excluding hydrogens is 443 g/mol. The first-order chi connectivity index (χ1) is 17.8. The summed E-state index contributed by atoms with van der Waals surface area (Å²) in [6.45, 7) is -0.0663. The number of nitrogens with zero attached hydrogens (tertiary/aromatic N) is 2. The average Bonchev–Trinajstić information content (AvgIpc) is 3.27. The van der Waals surface area contributed by atoms with E-state index in [1.165, 1.54) is 5.46 Å². The lowest BCUT2D eigenvalue weighted by molar-refractivity contribution is 0.210. The van der Waals surface area contributed by atoms with Crippen molar-refractivity contribution in [1.29, 1.82) is 0 Å². The summed E-state index contributed by atoms with van der Waals surface area (Å²) >= 11 is 0. The molecule has 0 saturated heterocycles. The topological polar surface area (TPSA) is 34.5 Å². The summed E-state index contributed by atoms with van der Waals surface area (Å²) in [5.74, 6) is 0.618. The van der Waals surface area contributed by atoms with Gasteiger partial charge in [0.15, 0.2) is 0 Å². The second kappa shape index (κ2) is 7.12. The molecule has 4 nitrogen and oxygen atoms in total. The molecule has 2 aliphatic rings. The highest BCUT2D eigenvalue weighted by Crippen LogP contribution is 2.45. The molecule has 0 spiro atoms. The van der Waals surface area contributed by atoms with Crippen LogP contribution in [0.4, 0.5) is 16.2 Å². The predicted molar refractivity (Wildman–Crippen MR) is 146 cm³/mol. The Hall–Kier alpha value is -4.77. The highest BCUT2D eigenvalue weighted by atomic mass is 16.6. The molecule has 0 bridgehead atoms. The van der Waals surface area contributed by atoms with Crippen LogP contribution in [-0.4, -0.2) is 17.4 Å². The molecule has 168 valence electrons. The molecule has 0 N–H and O–H groups in total. The van der Waals surface area contributed by atoms with Crippen molar-refractivity contribution in [3.8, 4) is 11.4 Å². The fourth-order valence-electron chi connectivity index (χ4n) is 6.07. The molecule has 0 aliphatic carbocycles. The largest absolute Gasteiger partial charge is 0.424 e. The average molecular weight is 462 g/mol. The Bertz CT molecular complexity index is 1840. The van der Waals surface area contributed by atoms with Gasteiger partial charge in [0.1, 0.15) is 5.75 Å². The first-order valence-electron chi connectivity index (χ1n) is 12.1. The van der Waals surface area contributed by atoms with Gasteiger partial charge >= 0.3 is 6.09 Å². The van der Waals surface area contributed by atoms with E-state index >= 15 is 0 Å². The Morgan fingerprint density at radius 2 is 1.42 bits per heavy atom. The van der Waals surface area contributed by atoms with Gasteiger partial charge in [0.25, 0.3) is 6.71 Å². The second-order valence-corrected chi connectivity index (χ2v) is 9.33. The van der Waals surface area contributed by atoms with Crippen LogP contribution in [0.3, 0.4) is 0 Å². The minimum absolute atomic E-state index is 0.0663. The molecule has 6 aromatic rings. The van der Waals surface area contributed by atoms with Crippen LogP contribution in [0.1, 0.15) is 0 Å². The number of amides is 1. The Kier molecular flexibility index (Phi) is 3.86. The third-order valence-corrected chi connectivity index (χ3v) is 7.45. The van der Waals surface area contributed by atoms with E-state index in [4.69, 9.17) is 4.74 Å². The van der Waals surface area contributed by atoms with E-state index in [1.807, 2.05) is 30.3 Å². The van der Waals surface area contributed by atoms with Gasteiger partial charge < -0.3 is 9.30 Å². The third kappa shape index (κ3) is 2.47. The number of hydrogen-bond acceptors (Lipinski definition) is 2. The number of aromatic nitrogens is 1. The standard InChI is InChI=1S/C31H19BN2O2/c35-31-34-28-23-15-7-8-16-25(23)33(22-13-5-2-6-14-22)30(28)32(21-11-3-1-4-12-21)24-19-18-20-10-9-17-26(36-31)27(20)29(24)34/h1-19H. The number of fused-ring (bicyclic) bond motifs is 4. The number of carbonyl (C=O) groups is 1. The van der Waals surface area contributed by atoms with Crippen LogP contribution in [-0.2, 0) is 0 Å². The number of rotatable bonds is 2. The fraction of sp³-hybridized carbons (Fsp3) is 0. The van der Waals surface area contributed by atoms with Crippen molar-refractivity contribution in [3.63, 3.8) is 0 Å². The fourth-order valence-corrected chi connectivity index (χ4v) is 6.07. The first-order valence-corrected chi connectivity index (χ1v) is 12.1. The van der Waals surface area contributed by atoms with E-state index in [0.717, 1.165) is 49.8 Å². The monoisotopic (exact) mass is 462 g/mol. The smallest absolute Gasteiger partial charge is 0.409 e. The quantitative estimate of drug-likeness (QED) is 0.329. The van der Waals surface area contributed by atoms with Crippen molar-refractivity contribution in [2.45, 2.75) is 0 Å². The highest BCUT2D eigenvalue weighted by molar-refractivity contribution is 6.98. The Labute approximate surface area is 208 Å². The lowest BCUT2D eigenvalue weighted by Crippen LogP contribution is -2.61. The van der Waals surface area contributed by atoms with E-state index in [9.17, 15) is 4.79 Å². The molecule has 0 radical (unpaired) electrons. The molecular formula is C31H19BN2O2. The molecule has 5 aromatic carbocycles. The van der Waals surface area contributed by atoms with Crippen LogP contribution in [0.25, 0.3) is 27.4 Å². The number of hydrogen-bond donors (Lipinski definition) is 0. The maximum atomic E-state index is 13.7. The van der Waals surface area contributed by atoms with Gasteiger partial charge in [-0.1, -0.05) is 96.5 Å². The zero-order valence-electron chi connectivity index (χ0n) is 19.3. The summed E-state index contributed by atoms with van der Waals surface area (Å²) < 4.78 is 8.24. The molecule has 1 aromatic heterocycles. The lowest BCUT2D eigenvalue weighted by atomic mass is 9.36. The maximum absolute atomic E-state index is 13.7. The normalized spacial score (nSPS) is 13.7. The maximum Gasteiger partial charge on any atom is 0.424 e. The van der Waals surface area contributed by atoms with Crippen molar-refractivity contribution in [3.05, 3.63) is 115 Å². The second-order valence-electron chi connectivity index (χ2n) is 9.33. The molecule has 36 heavy (non-hydrogen) atoms. The van der Waals surface area contributed by atoms with Crippen LogP contribution < -0.4 is 26.2 Å². The summed E-state index contributed by atoms with van der Waals surface area (Å²) in [5.41, 5.74) is 7.29.